The Hall–Kier alpha value is -0.150. The Bertz CT molecular complexity index is 208. The van der Waals surface area contributed by atoms with E-state index in [4.69, 9.17) is 17.3 Å². The maximum Gasteiger partial charge on any atom is 0.208 e. The fourth-order valence-electron chi connectivity index (χ4n) is 0.686. The predicted octanol–water partition coefficient (Wildman–Crippen LogP) is 1.62. The maximum atomic E-state index is 5.89. The van der Waals surface area contributed by atoms with Crippen molar-refractivity contribution in [1.29, 1.82) is 0 Å². The zero-order valence-corrected chi connectivity index (χ0v) is 7.83. The summed E-state index contributed by atoms with van der Waals surface area (Å²) in [6, 6.07) is 0. The zero-order valence-electron chi connectivity index (χ0n) is 5.49. The zero-order chi connectivity index (χ0) is 7.78. The quantitative estimate of drug-likeness (QED) is 0.484. The van der Waals surface area contributed by atoms with Crippen LogP contribution in [0.4, 0.5) is 0 Å². The molecule has 0 bridgehead atoms. The van der Waals surface area contributed by atoms with Gasteiger partial charge in [0.25, 0.3) is 0 Å². The third kappa shape index (κ3) is 1.30. The largest absolute Gasteiger partial charge is 0.398 e. The van der Waals surface area contributed by atoms with Gasteiger partial charge < -0.3 is 11.1 Å². The molecule has 1 heterocycles. The summed E-state index contributed by atoms with van der Waals surface area (Å²) in [6.07, 6.45) is 3.63. The van der Waals surface area contributed by atoms with Crippen molar-refractivity contribution in [3.05, 3.63) is 23.5 Å². The van der Waals surface area contributed by atoms with Gasteiger partial charge in [-0.2, -0.15) is 0 Å². The number of nitrogens with two attached hydrogens (primary N) is 1. The lowest BCUT2D eigenvalue weighted by Gasteiger charge is -2.25. The molecule has 1 rings (SSSR count). The molecule has 0 aromatic rings. The third-order valence-electron chi connectivity index (χ3n) is 1.36. The van der Waals surface area contributed by atoms with Gasteiger partial charge in [-0.3, -0.25) is 0 Å². The molecule has 0 amide bonds. The monoisotopic (exact) mass is 222 g/mol. The second-order valence-electron chi connectivity index (χ2n) is 2.15. The van der Waals surface area contributed by atoms with Crippen LogP contribution in [-0.4, -0.2) is 3.91 Å². The van der Waals surface area contributed by atoms with Gasteiger partial charge in [-0.25, -0.2) is 0 Å². The topological polar surface area (TPSA) is 38.0 Å². The Balaban J connectivity index is 2.99. The van der Waals surface area contributed by atoms with Crippen molar-refractivity contribution in [3.63, 3.8) is 0 Å². The lowest BCUT2D eigenvalue weighted by atomic mass is 10.2. The molecule has 3 N–H and O–H groups in total. The van der Waals surface area contributed by atoms with E-state index in [1.807, 2.05) is 13.0 Å². The van der Waals surface area contributed by atoms with Crippen molar-refractivity contribution < 1.29 is 0 Å². The van der Waals surface area contributed by atoms with Gasteiger partial charge in [-0.15, -0.1) is 0 Å². The van der Waals surface area contributed by atoms with Gasteiger partial charge in [0.05, 0.1) is 5.70 Å². The summed E-state index contributed by atoms with van der Waals surface area (Å²) in [7, 11) is 0. The minimum atomic E-state index is -0.786. The minimum absolute atomic E-state index is 0.608. The van der Waals surface area contributed by atoms with E-state index in [0.29, 0.717) is 5.70 Å². The van der Waals surface area contributed by atoms with Crippen molar-refractivity contribution in [2.24, 2.45) is 5.73 Å². The van der Waals surface area contributed by atoms with Crippen LogP contribution in [0.15, 0.2) is 23.5 Å². The van der Waals surface area contributed by atoms with Crippen LogP contribution in [0, 0.1) is 0 Å². The number of dihydropyridines is 1. The van der Waals surface area contributed by atoms with Crippen LogP contribution in [-0.2, 0) is 0 Å². The summed E-state index contributed by atoms with van der Waals surface area (Å²) in [4.78, 5) is 0. The fourth-order valence-corrected chi connectivity index (χ4v) is 1.34. The van der Waals surface area contributed by atoms with Crippen LogP contribution in [0.1, 0.15) is 6.92 Å². The van der Waals surface area contributed by atoms with Gasteiger partial charge in [-0.1, -0.05) is 11.6 Å². The average molecular weight is 224 g/mol. The average Bonchev–Trinajstić information content (AvgIpc) is 1.83. The molecule has 1 unspecified atom stereocenters. The first-order valence-corrected chi connectivity index (χ1v) is 4.00. The van der Waals surface area contributed by atoms with E-state index in [1.54, 1.807) is 6.20 Å². The smallest absolute Gasteiger partial charge is 0.208 e. The van der Waals surface area contributed by atoms with Crippen LogP contribution in [0.25, 0.3) is 0 Å². The molecule has 0 saturated heterocycles. The third-order valence-corrected chi connectivity index (χ3v) is 2.33. The molecule has 2 nitrogen and oxygen atoms in total. The molecule has 10 heavy (non-hydrogen) atoms. The van der Waals surface area contributed by atoms with Gasteiger partial charge in [-0.05, 0) is 40.7 Å². The molecule has 0 aliphatic carbocycles. The summed E-state index contributed by atoms with van der Waals surface area (Å²) in [5.41, 5.74) is 7.23. The molecular formula is C6H8BrClN2. The highest BCUT2D eigenvalue weighted by Gasteiger charge is 2.27. The molecule has 0 fully saturated rings. The second kappa shape index (κ2) is 2.47. The maximum absolute atomic E-state index is 5.89. The number of alkyl halides is 2. The number of hydrogen-bond acceptors (Lipinski definition) is 2. The van der Waals surface area contributed by atoms with Crippen molar-refractivity contribution in [1.82, 2.24) is 5.32 Å². The molecule has 1 aliphatic rings. The Morgan fingerprint density at radius 3 is 2.80 bits per heavy atom. The lowest BCUT2D eigenvalue weighted by molar-refractivity contribution is 0.786. The van der Waals surface area contributed by atoms with Gasteiger partial charge >= 0.3 is 0 Å². The van der Waals surface area contributed by atoms with Gasteiger partial charge in [0, 0.05) is 0 Å². The lowest BCUT2D eigenvalue weighted by Crippen LogP contribution is -2.38. The number of hydrogen-bond donors (Lipinski definition) is 2. The standard InChI is InChI=1S/C6H8BrClN2/c1-4-2-3-10-6(7,8)5(4)9/h2-3,10H,9H2,1H3. The van der Waals surface area contributed by atoms with Crippen molar-refractivity contribution >= 4 is 27.5 Å². The van der Waals surface area contributed by atoms with Crippen molar-refractivity contribution in [2.45, 2.75) is 10.8 Å². The fraction of sp³-hybridized carbons (Fsp3) is 0.333. The summed E-state index contributed by atoms with van der Waals surface area (Å²) >= 11 is 9.11. The highest BCUT2D eigenvalue weighted by molar-refractivity contribution is 9.10. The van der Waals surface area contributed by atoms with E-state index in [9.17, 15) is 0 Å². The highest BCUT2D eigenvalue weighted by atomic mass is 79.9. The predicted molar refractivity (Wildman–Crippen MR) is 46.7 cm³/mol. The summed E-state index contributed by atoms with van der Waals surface area (Å²) in [5.74, 6) is 0. The molecule has 56 valence electrons. The van der Waals surface area contributed by atoms with Crippen molar-refractivity contribution in [2.75, 3.05) is 0 Å². The van der Waals surface area contributed by atoms with Crippen LogP contribution in [0.5, 0.6) is 0 Å². The Morgan fingerprint density at radius 1 is 1.80 bits per heavy atom. The van der Waals surface area contributed by atoms with Gasteiger partial charge in [0.1, 0.15) is 0 Å². The molecule has 1 atom stereocenters. The first kappa shape index (κ1) is 7.95. The van der Waals surface area contributed by atoms with Crippen LogP contribution in [0.2, 0.25) is 0 Å². The van der Waals surface area contributed by atoms with E-state index >= 15 is 0 Å². The number of halogens is 2. The Labute approximate surface area is 73.2 Å². The van der Waals surface area contributed by atoms with Crippen LogP contribution >= 0.6 is 27.5 Å². The van der Waals surface area contributed by atoms with E-state index in [-0.39, 0.29) is 0 Å². The Morgan fingerprint density at radius 2 is 2.40 bits per heavy atom. The molecular weight excluding hydrogens is 215 g/mol. The molecule has 0 radical (unpaired) electrons. The SMILES string of the molecule is CC1=C(N)C(Cl)(Br)NC=C1. The number of nitrogens with one attached hydrogen (secondary N) is 1. The molecule has 0 saturated carbocycles. The van der Waals surface area contributed by atoms with E-state index in [0.717, 1.165) is 5.57 Å². The molecule has 0 aromatic heterocycles. The van der Waals surface area contributed by atoms with E-state index in [2.05, 4.69) is 21.2 Å². The molecule has 0 spiro atoms. The van der Waals surface area contributed by atoms with E-state index < -0.39 is 3.91 Å². The van der Waals surface area contributed by atoms with E-state index in [1.165, 1.54) is 0 Å². The van der Waals surface area contributed by atoms with Crippen molar-refractivity contribution in [3.8, 4) is 0 Å². The summed E-state index contributed by atoms with van der Waals surface area (Å²) < 4.78 is -0.786. The summed E-state index contributed by atoms with van der Waals surface area (Å²) in [5, 5.41) is 2.86. The summed E-state index contributed by atoms with van der Waals surface area (Å²) in [6.45, 7) is 1.91. The van der Waals surface area contributed by atoms with Gasteiger partial charge in [0.2, 0.25) is 3.91 Å². The Kier molecular flexibility index (Phi) is 1.97. The number of allylic oxidation sites excluding steroid dienone is 2. The van der Waals surface area contributed by atoms with Gasteiger partial charge in [0.15, 0.2) is 0 Å². The molecule has 1 aliphatic heterocycles. The number of rotatable bonds is 0. The molecule has 0 aromatic carbocycles. The second-order valence-corrected chi connectivity index (χ2v) is 4.36. The highest BCUT2D eigenvalue weighted by Crippen LogP contribution is 2.30. The normalized spacial score (nSPS) is 32.3. The van der Waals surface area contributed by atoms with Crippen LogP contribution in [0.3, 0.4) is 0 Å². The minimum Gasteiger partial charge on any atom is -0.398 e. The van der Waals surface area contributed by atoms with Crippen LogP contribution < -0.4 is 11.1 Å². The molecule has 4 heteroatoms. The first-order valence-electron chi connectivity index (χ1n) is 2.83. The first-order chi connectivity index (χ1) is 4.54.